The third kappa shape index (κ3) is 2.94. The van der Waals surface area contributed by atoms with Crippen LogP contribution in [0.25, 0.3) is 0 Å². The van der Waals surface area contributed by atoms with Crippen LogP contribution in [-0.2, 0) is 0 Å². The van der Waals surface area contributed by atoms with E-state index in [2.05, 4.69) is 33.2 Å². The Bertz CT molecular complexity index is 307. The molecule has 0 radical (unpaired) electrons. The van der Waals surface area contributed by atoms with Gasteiger partial charge in [0.05, 0.1) is 0 Å². The fraction of sp³-hybridized carbons (Fsp3) is 0.727. The van der Waals surface area contributed by atoms with Gasteiger partial charge in [-0.2, -0.15) is 0 Å². The van der Waals surface area contributed by atoms with Crippen molar-refractivity contribution in [3.8, 4) is 0 Å². The second kappa shape index (κ2) is 5.30. The summed E-state index contributed by atoms with van der Waals surface area (Å²) in [5.41, 5.74) is 0. The van der Waals surface area contributed by atoms with Crippen LogP contribution in [0.5, 0.6) is 0 Å². The van der Waals surface area contributed by atoms with Crippen molar-refractivity contribution in [3.05, 3.63) is 9.98 Å². The van der Waals surface area contributed by atoms with Crippen LogP contribution >= 0.6 is 27.3 Å². The third-order valence-corrected chi connectivity index (χ3v) is 4.68. The molecule has 4 heteroatoms. The Morgan fingerprint density at radius 2 is 2.33 bits per heavy atom. The van der Waals surface area contributed by atoms with Gasteiger partial charge in [0.25, 0.3) is 0 Å². The summed E-state index contributed by atoms with van der Waals surface area (Å²) in [5, 5.41) is 6.66. The van der Waals surface area contributed by atoms with Crippen LogP contribution in [0, 0.1) is 5.92 Å². The molecule has 1 saturated carbocycles. The summed E-state index contributed by atoms with van der Waals surface area (Å²) >= 11 is 5.07. The van der Waals surface area contributed by atoms with Crippen LogP contribution in [0.4, 0.5) is 5.13 Å². The zero-order valence-electron chi connectivity index (χ0n) is 9.00. The number of rotatable bonds is 4. The molecule has 1 unspecified atom stereocenters. The standard InChI is InChI=1S/C11H17BrN2S/c1-2-9(8-5-3-4-6-8)13-11-14-10(12)7-15-11/h7-9H,2-6H2,1H3,(H,13,14). The molecular weight excluding hydrogens is 272 g/mol. The van der Waals surface area contributed by atoms with Crippen molar-refractivity contribution >= 4 is 32.4 Å². The van der Waals surface area contributed by atoms with Crippen LogP contribution in [0.1, 0.15) is 39.0 Å². The minimum atomic E-state index is 0.616. The Kier molecular flexibility index (Phi) is 4.03. The van der Waals surface area contributed by atoms with E-state index in [1.54, 1.807) is 11.3 Å². The van der Waals surface area contributed by atoms with Gasteiger partial charge in [-0.1, -0.05) is 19.8 Å². The Labute approximate surface area is 104 Å². The van der Waals surface area contributed by atoms with Crippen LogP contribution in [0.3, 0.4) is 0 Å². The molecule has 2 nitrogen and oxygen atoms in total. The molecule has 0 spiro atoms. The lowest BCUT2D eigenvalue weighted by atomic mass is 9.96. The number of nitrogens with one attached hydrogen (secondary N) is 1. The van der Waals surface area contributed by atoms with E-state index < -0.39 is 0 Å². The SMILES string of the molecule is CCC(Nc1nc(Br)cs1)C1CCCC1. The largest absolute Gasteiger partial charge is 0.358 e. The molecule has 0 amide bonds. The van der Waals surface area contributed by atoms with E-state index in [0.29, 0.717) is 6.04 Å². The predicted molar refractivity (Wildman–Crippen MR) is 69.5 cm³/mol. The van der Waals surface area contributed by atoms with Gasteiger partial charge in [0.2, 0.25) is 0 Å². The Morgan fingerprint density at radius 3 is 2.87 bits per heavy atom. The molecule has 1 aromatic heterocycles. The van der Waals surface area contributed by atoms with Crippen LogP contribution in [0.2, 0.25) is 0 Å². The van der Waals surface area contributed by atoms with Gasteiger partial charge in [-0.15, -0.1) is 11.3 Å². The topological polar surface area (TPSA) is 24.9 Å². The summed E-state index contributed by atoms with van der Waals surface area (Å²) in [6, 6.07) is 0.616. The van der Waals surface area contributed by atoms with Gasteiger partial charge in [0.1, 0.15) is 4.60 Å². The zero-order valence-corrected chi connectivity index (χ0v) is 11.4. The summed E-state index contributed by atoms with van der Waals surface area (Å²) in [5.74, 6) is 0.859. The average Bonchev–Trinajstić information content (AvgIpc) is 2.85. The zero-order chi connectivity index (χ0) is 10.7. The third-order valence-electron chi connectivity index (χ3n) is 3.19. The molecule has 0 aromatic carbocycles. The van der Waals surface area contributed by atoms with E-state index in [4.69, 9.17) is 0 Å². The summed E-state index contributed by atoms with van der Waals surface area (Å²) in [7, 11) is 0. The molecule has 0 saturated heterocycles. The molecule has 0 aliphatic heterocycles. The fourth-order valence-electron chi connectivity index (χ4n) is 2.39. The number of hydrogen-bond acceptors (Lipinski definition) is 3. The van der Waals surface area contributed by atoms with E-state index in [-0.39, 0.29) is 0 Å². The summed E-state index contributed by atoms with van der Waals surface area (Å²) in [4.78, 5) is 4.39. The quantitative estimate of drug-likeness (QED) is 0.894. The minimum absolute atomic E-state index is 0.616. The molecule has 2 rings (SSSR count). The Hall–Kier alpha value is -0.0900. The molecule has 15 heavy (non-hydrogen) atoms. The molecule has 1 aliphatic rings. The lowest BCUT2D eigenvalue weighted by Gasteiger charge is -2.22. The summed E-state index contributed by atoms with van der Waals surface area (Å²) < 4.78 is 0.941. The number of anilines is 1. The van der Waals surface area contributed by atoms with Crippen molar-refractivity contribution in [2.24, 2.45) is 5.92 Å². The van der Waals surface area contributed by atoms with Crippen molar-refractivity contribution in [1.29, 1.82) is 0 Å². The Balaban J connectivity index is 1.95. The van der Waals surface area contributed by atoms with Crippen LogP contribution in [0.15, 0.2) is 9.98 Å². The summed E-state index contributed by atoms with van der Waals surface area (Å²) in [6.45, 7) is 2.26. The molecule has 1 fully saturated rings. The highest BCUT2D eigenvalue weighted by atomic mass is 79.9. The molecule has 84 valence electrons. The van der Waals surface area contributed by atoms with E-state index in [1.165, 1.54) is 32.1 Å². The monoisotopic (exact) mass is 288 g/mol. The first-order valence-electron chi connectivity index (χ1n) is 5.67. The molecule has 0 bridgehead atoms. The maximum atomic E-state index is 4.39. The van der Waals surface area contributed by atoms with Gasteiger partial charge < -0.3 is 5.32 Å². The highest BCUT2D eigenvalue weighted by Gasteiger charge is 2.24. The van der Waals surface area contributed by atoms with E-state index >= 15 is 0 Å². The highest BCUT2D eigenvalue weighted by molar-refractivity contribution is 9.10. The maximum Gasteiger partial charge on any atom is 0.183 e. The molecule has 1 N–H and O–H groups in total. The molecule has 1 atom stereocenters. The lowest BCUT2D eigenvalue weighted by molar-refractivity contribution is 0.446. The maximum absolute atomic E-state index is 4.39. The second-order valence-electron chi connectivity index (χ2n) is 4.18. The van der Waals surface area contributed by atoms with Gasteiger partial charge in [-0.05, 0) is 41.1 Å². The number of halogens is 1. The molecule has 1 aliphatic carbocycles. The first-order valence-corrected chi connectivity index (χ1v) is 7.34. The Morgan fingerprint density at radius 1 is 1.60 bits per heavy atom. The minimum Gasteiger partial charge on any atom is -0.358 e. The normalized spacial score (nSPS) is 19.3. The number of aromatic nitrogens is 1. The van der Waals surface area contributed by atoms with Crippen LogP contribution in [-0.4, -0.2) is 11.0 Å². The van der Waals surface area contributed by atoms with Gasteiger partial charge >= 0.3 is 0 Å². The molecule has 1 heterocycles. The van der Waals surface area contributed by atoms with Gasteiger partial charge in [-0.25, -0.2) is 4.98 Å². The number of thiazole rings is 1. The number of nitrogens with zero attached hydrogens (tertiary/aromatic N) is 1. The van der Waals surface area contributed by atoms with E-state index in [1.807, 2.05) is 5.38 Å². The predicted octanol–water partition coefficient (Wildman–Crippen LogP) is 4.29. The van der Waals surface area contributed by atoms with Crippen LogP contribution < -0.4 is 5.32 Å². The molecule has 1 aromatic rings. The van der Waals surface area contributed by atoms with Crippen molar-refractivity contribution in [1.82, 2.24) is 4.98 Å². The smallest absolute Gasteiger partial charge is 0.183 e. The van der Waals surface area contributed by atoms with Crippen molar-refractivity contribution in [2.75, 3.05) is 5.32 Å². The van der Waals surface area contributed by atoms with E-state index in [9.17, 15) is 0 Å². The first kappa shape index (κ1) is 11.4. The van der Waals surface area contributed by atoms with E-state index in [0.717, 1.165) is 15.7 Å². The average molecular weight is 289 g/mol. The van der Waals surface area contributed by atoms with Crippen molar-refractivity contribution in [2.45, 2.75) is 45.1 Å². The second-order valence-corrected chi connectivity index (χ2v) is 5.85. The number of hydrogen-bond donors (Lipinski definition) is 1. The van der Waals surface area contributed by atoms with Gasteiger partial charge in [0, 0.05) is 11.4 Å². The van der Waals surface area contributed by atoms with Gasteiger partial charge in [0.15, 0.2) is 5.13 Å². The lowest BCUT2D eigenvalue weighted by Crippen LogP contribution is -2.26. The fourth-order valence-corrected chi connectivity index (χ4v) is 3.60. The molecular formula is C11H17BrN2S. The summed E-state index contributed by atoms with van der Waals surface area (Å²) in [6.07, 6.45) is 6.78. The van der Waals surface area contributed by atoms with Crippen molar-refractivity contribution < 1.29 is 0 Å². The first-order chi connectivity index (χ1) is 7.29. The van der Waals surface area contributed by atoms with Gasteiger partial charge in [-0.3, -0.25) is 0 Å². The highest BCUT2D eigenvalue weighted by Crippen LogP contribution is 2.31. The van der Waals surface area contributed by atoms with Crippen molar-refractivity contribution in [3.63, 3.8) is 0 Å².